The number of carboxylic acids is 1. The summed E-state index contributed by atoms with van der Waals surface area (Å²) in [5.74, 6) is 0.00271. The molecule has 1 aromatic rings. The molecule has 1 aliphatic carbocycles. The maximum Gasteiger partial charge on any atom is 0.328 e. The number of rotatable bonds is 6. The molecule has 2 N–H and O–H groups in total. The Bertz CT molecular complexity index is 679. The van der Waals surface area contributed by atoms with E-state index < -0.39 is 16.0 Å². The second-order valence-corrected chi connectivity index (χ2v) is 7.28. The average Bonchev–Trinajstić information content (AvgIpc) is 3.11. The standard InChI is InChI=1S/C15H19NO4S/c1-10-7-13(10)9-16-21(19,20)14-5-3-12(11(2)8-14)4-6-15(17)18/h3-6,8,10,13,16H,7,9H2,1-2H3,(H,17,18)/b6-4+. The van der Waals surface area contributed by atoms with Crippen LogP contribution in [0, 0.1) is 18.8 Å². The van der Waals surface area contributed by atoms with E-state index in [-0.39, 0.29) is 4.90 Å². The van der Waals surface area contributed by atoms with Gasteiger partial charge in [-0.05, 0) is 54.5 Å². The first-order valence-corrected chi connectivity index (χ1v) is 8.29. The van der Waals surface area contributed by atoms with Gasteiger partial charge in [0.05, 0.1) is 4.90 Å². The number of carbonyl (C=O) groups is 1. The fourth-order valence-corrected chi connectivity index (χ4v) is 3.33. The monoisotopic (exact) mass is 309 g/mol. The zero-order chi connectivity index (χ0) is 15.6. The molecule has 2 rings (SSSR count). The van der Waals surface area contributed by atoms with Crippen LogP contribution in [0.15, 0.2) is 29.2 Å². The number of hydrogen-bond acceptors (Lipinski definition) is 3. The lowest BCUT2D eigenvalue weighted by Crippen LogP contribution is -2.26. The molecule has 0 bridgehead atoms. The van der Waals surface area contributed by atoms with Gasteiger partial charge in [0.25, 0.3) is 0 Å². The van der Waals surface area contributed by atoms with Crippen LogP contribution < -0.4 is 4.72 Å². The molecule has 6 heteroatoms. The molecule has 0 spiro atoms. The highest BCUT2D eigenvalue weighted by Gasteiger charge is 2.33. The van der Waals surface area contributed by atoms with Gasteiger partial charge in [-0.25, -0.2) is 17.9 Å². The van der Waals surface area contributed by atoms with Crippen LogP contribution in [0.3, 0.4) is 0 Å². The normalized spacial score (nSPS) is 21.6. The van der Waals surface area contributed by atoms with Gasteiger partial charge in [0.15, 0.2) is 0 Å². The second kappa shape index (κ2) is 5.99. The fraction of sp³-hybridized carbons (Fsp3) is 0.400. The smallest absolute Gasteiger partial charge is 0.328 e. The number of aliphatic carboxylic acids is 1. The summed E-state index contributed by atoms with van der Waals surface area (Å²) in [5, 5.41) is 8.61. The number of sulfonamides is 1. The summed E-state index contributed by atoms with van der Waals surface area (Å²) in [6, 6.07) is 4.66. The molecule has 2 atom stereocenters. The Morgan fingerprint density at radius 1 is 1.48 bits per heavy atom. The van der Waals surface area contributed by atoms with Crippen molar-refractivity contribution in [3.8, 4) is 0 Å². The second-order valence-electron chi connectivity index (χ2n) is 5.51. The number of carboxylic acid groups (broad SMARTS) is 1. The molecule has 5 nitrogen and oxygen atoms in total. The molecule has 1 fully saturated rings. The SMILES string of the molecule is Cc1cc(S(=O)(=O)NCC2CC2C)ccc1/C=C/C(=O)O. The first-order chi connectivity index (χ1) is 9.79. The molecular weight excluding hydrogens is 290 g/mol. The van der Waals surface area contributed by atoms with E-state index in [0.29, 0.717) is 23.9 Å². The van der Waals surface area contributed by atoms with E-state index in [1.54, 1.807) is 19.1 Å². The minimum Gasteiger partial charge on any atom is -0.478 e. The van der Waals surface area contributed by atoms with Gasteiger partial charge in [-0.3, -0.25) is 0 Å². The van der Waals surface area contributed by atoms with Crippen LogP contribution in [0.4, 0.5) is 0 Å². The number of hydrogen-bond donors (Lipinski definition) is 2. The molecule has 0 aliphatic heterocycles. The molecule has 0 heterocycles. The zero-order valence-corrected chi connectivity index (χ0v) is 12.9. The van der Waals surface area contributed by atoms with Crippen molar-refractivity contribution in [1.82, 2.24) is 4.72 Å². The highest BCUT2D eigenvalue weighted by atomic mass is 32.2. The van der Waals surface area contributed by atoms with E-state index in [2.05, 4.69) is 11.6 Å². The molecule has 1 aliphatic rings. The molecule has 1 saturated carbocycles. The lowest BCUT2D eigenvalue weighted by Gasteiger charge is -2.08. The Labute approximate surface area is 124 Å². The molecule has 21 heavy (non-hydrogen) atoms. The van der Waals surface area contributed by atoms with Crippen LogP contribution in [-0.4, -0.2) is 26.0 Å². The molecule has 114 valence electrons. The third-order valence-corrected chi connectivity index (χ3v) is 5.19. The summed E-state index contributed by atoms with van der Waals surface area (Å²) in [6.45, 7) is 4.33. The van der Waals surface area contributed by atoms with Crippen LogP contribution in [-0.2, 0) is 14.8 Å². The van der Waals surface area contributed by atoms with Crippen LogP contribution >= 0.6 is 0 Å². The van der Waals surface area contributed by atoms with E-state index in [1.165, 1.54) is 12.1 Å². The third kappa shape index (κ3) is 4.15. The summed E-state index contributed by atoms with van der Waals surface area (Å²) in [7, 11) is -3.50. The molecule has 1 aromatic carbocycles. The Balaban J connectivity index is 2.12. The largest absolute Gasteiger partial charge is 0.478 e. The number of aryl methyl sites for hydroxylation is 1. The molecule has 0 radical (unpaired) electrons. The Morgan fingerprint density at radius 3 is 2.67 bits per heavy atom. The predicted octanol–water partition coefficient (Wildman–Crippen LogP) is 2.03. The lowest BCUT2D eigenvalue weighted by atomic mass is 10.1. The van der Waals surface area contributed by atoms with Crippen molar-refractivity contribution in [2.24, 2.45) is 11.8 Å². The Morgan fingerprint density at radius 2 is 2.14 bits per heavy atom. The highest BCUT2D eigenvalue weighted by molar-refractivity contribution is 7.89. The van der Waals surface area contributed by atoms with Crippen molar-refractivity contribution in [2.45, 2.75) is 25.2 Å². The van der Waals surface area contributed by atoms with Crippen molar-refractivity contribution in [3.05, 3.63) is 35.4 Å². The third-order valence-electron chi connectivity index (χ3n) is 3.77. The van der Waals surface area contributed by atoms with Crippen molar-refractivity contribution >= 4 is 22.1 Å². The first kappa shape index (κ1) is 15.7. The van der Waals surface area contributed by atoms with Crippen molar-refractivity contribution in [3.63, 3.8) is 0 Å². The minimum absolute atomic E-state index is 0.209. The van der Waals surface area contributed by atoms with Crippen molar-refractivity contribution in [2.75, 3.05) is 6.54 Å². The lowest BCUT2D eigenvalue weighted by molar-refractivity contribution is -0.131. The minimum atomic E-state index is -3.50. The topological polar surface area (TPSA) is 83.5 Å². The Kier molecular flexibility index (Phi) is 4.49. The molecule has 0 amide bonds. The molecular formula is C15H19NO4S. The highest BCUT2D eigenvalue weighted by Crippen LogP contribution is 2.37. The number of benzene rings is 1. The van der Waals surface area contributed by atoms with E-state index in [4.69, 9.17) is 5.11 Å². The Hall–Kier alpha value is -1.66. The van der Waals surface area contributed by atoms with Gasteiger partial charge in [0, 0.05) is 12.6 Å². The van der Waals surface area contributed by atoms with Gasteiger partial charge < -0.3 is 5.11 Å². The van der Waals surface area contributed by atoms with Crippen LogP contribution in [0.2, 0.25) is 0 Å². The van der Waals surface area contributed by atoms with E-state index >= 15 is 0 Å². The zero-order valence-electron chi connectivity index (χ0n) is 12.0. The molecule has 2 unspecified atom stereocenters. The predicted molar refractivity (Wildman–Crippen MR) is 80.3 cm³/mol. The maximum atomic E-state index is 12.2. The van der Waals surface area contributed by atoms with E-state index in [9.17, 15) is 13.2 Å². The van der Waals surface area contributed by atoms with Crippen LogP contribution in [0.1, 0.15) is 24.5 Å². The van der Waals surface area contributed by atoms with Gasteiger partial charge in [-0.2, -0.15) is 0 Å². The maximum absolute atomic E-state index is 12.2. The van der Waals surface area contributed by atoms with Gasteiger partial charge in [-0.15, -0.1) is 0 Å². The molecule has 0 aromatic heterocycles. The summed E-state index contributed by atoms with van der Waals surface area (Å²) < 4.78 is 27.0. The van der Waals surface area contributed by atoms with E-state index in [1.807, 2.05) is 0 Å². The summed E-state index contributed by atoms with van der Waals surface area (Å²) in [6.07, 6.45) is 3.55. The summed E-state index contributed by atoms with van der Waals surface area (Å²) >= 11 is 0. The van der Waals surface area contributed by atoms with Gasteiger partial charge >= 0.3 is 5.97 Å². The molecule has 0 saturated heterocycles. The van der Waals surface area contributed by atoms with E-state index in [0.717, 1.165) is 18.1 Å². The van der Waals surface area contributed by atoms with Crippen LogP contribution in [0.5, 0.6) is 0 Å². The van der Waals surface area contributed by atoms with Gasteiger partial charge in [-0.1, -0.05) is 13.0 Å². The first-order valence-electron chi connectivity index (χ1n) is 6.81. The van der Waals surface area contributed by atoms with Gasteiger partial charge in [0.1, 0.15) is 0 Å². The van der Waals surface area contributed by atoms with Crippen molar-refractivity contribution < 1.29 is 18.3 Å². The summed E-state index contributed by atoms with van der Waals surface area (Å²) in [5.41, 5.74) is 1.40. The average molecular weight is 309 g/mol. The van der Waals surface area contributed by atoms with Gasteiger partial charge in [0.2, 0.25) is 10.0 Å². The van der Waals surface area contributed by atoms with Crippen molar-refractivity contribution in [1.29, 1.82) is 0 Å². The number of nitrogens with one attached hydrogen (secondary N) is 1. The quantitative estimate of drug-likeness (QED) is 0.788. The summed E-state index contributed by atoms with van der Waals surface area (Å²) in [4.78, 5) is 10.7. The van der Waals surface area contributed by atoms with Crippen LogP contribution in [0.25, 0.3) is 6.08 Å². The fourth-order valence-electron chi connectivity index (χ4n) is 2.15.